The number of benzene rings is 1. The maximum absolute atomic E-state index is 12.6. The molecular weight excluding hydrogens is 298 g/mol. The molecule has 0 unspecified atom stereocenters. The van der Waals surface area contributed by atoms with Gasteiger partial charge < -0.3 is 4.90 Å². The van der Waals surface area contributed by atoms with Gasteiger partial charge in [0.15, 0.2) is 0 Å². The van der Waals surface area contributed by atoms with Crippen LogP contribution < -0.4 is 0 Å². The molecule has 1 aromatic carbocycles. The monoisotopic (exact) mass is 323 g/mol. The predicted molar refractivity (Wildman–Crippen MR) is 93.6 cm³/mol. The van der Waals surface area contributed by atoms with E-state index in [0.29, 0.717) is 12.5 Å². The van der Waals surface area contributed by atoms with Crippen LogP contribution in [0.3, 0.4) is 0 Å². The van der Waals surface area contributed by atoms with Crippen molar-refractivity contribution in [3.63, 3.8) is 0 Å². The fraction of sp³-hybridized carbons (Fsp3) is 0.500. The number of aromatic nitrogens is 2. The highest BCUT2D eigenvalue weighted by atomic mass is 16.2. The summed E-state index contributed by atoms with van der Waals surface area (Å²) in [4.78, 5) is 14.4. The van der Waals surface area contributed by atoms with Gasteiger partial charge in [0.2, 0.25) is 5.91 Å². The summed E-state index contributed by atoms with van der Waals surface area (Å²) in [5, 5.41) is 4.41. The molecule has 0 saturated heterocycles. The lowest BCUT2D eigenvalue weighted by molar-refractivity contribution is -0.131. The van der Waals surface area contributed by atoms with E-state index < -0.39 is 0 Å². The number of para-hydroxylation sites is 1. The van der Waals surface area contributed by atoms with Gasteiger partial charge >= 0.3 is 0 Å². The smallest absolute Gasteiger partial charge is 0.222 e. The zero-order valence-corrected chi connectivity index (χ0v) is 14.3. The Morgan fingerprint density at radius 3 is 2.79 bits per heavy atom. The van der Waals surface area contributed by atoms with Crippen molar-refractivity contribution in [2.45, 2.75) is 38.6 Å². The number of carbonyl (C=O) groups excluding carboxylic acids is 1. The van der Waals surface area contributed by atoms with E-state index >= 15 is 0 Å². The summed E-state index contributed by atoms with van der Waals surface area (Å²) in [6, 6.07) is 10.1. The molecule has 0 aliphatic heterocycles. The second-order valence-electron chi connectivity index (χ2n) is 7.52. The van der Waals surface area contributed by atoms with Crippen LogP contribution in [-0.2, 0) is 11.3 Å². The van der Waals surface area contributed by atoms with Crippen molar-refractivity contribution in [2.24, 2.45) is 17.8 Å². The third-order valence-electron chi connectivity index (χ3n) is 5.82. The second-order valence-corrected chi connectivity index (χ2v) is 7.52. The minimum absolute atomic E-state index is 0.278. The number of carbonyl (C=O) groups is 1. The standard InChI is InChI=1S/C20H25N3O/c1-22(20(24)11-18-10-15-7-8-17(18)9-15)13-16-12-21-23(14-16)19-5-3-2-4-6-19/h2-6,12,14-15,17-18H,7-11,13H2,1H3/t15-,17-,18-/m1/s1. The third-order valence-corrected chi connectivity index (χ3v) is 5.82. The Balaban J connectivity index is 1.35. The Morgan fingerprint density at radius 2 is 2.08 bits per heavy atom. The van der Waals surface area contributed by atoms with E-state index in [1.807, 2.05) is 59.4 Å². The van der Waals surface area contributed by atoms with Crippen molar-refractivity contribution in [1.29, 1.82) is 0 Å². The van der Waals surface area contributed by atoms with E-state index in [0.717, 1.165) is 29.5 Å². The molecule has 4 rings (SSSR count). The van der Waals surface area contributed by atoms with Crippen LogP contribution in [0.25, 0.3) is 5.69 Å². The quantitative estimate of drug-likeness (QED) is 0.842. The first-order valence-corrected chi connectivity index (χ1v) is 9.02. The average Bonchev–Trinajstić information content (AvgIpc) is 3.32. The number of fused-ring (bicyclic) bond motifs is 2. The van der Waals surface area contributed by atoms with Crippen LogP contribution in [-0.4, -0.2) is 27.6 Å². The van der Waals surface area contributed by atoms with Crippen LogP contribution in [0.15, 0.2) is 42.7 Å². The van der Waals surface area contributed by atoms with E-state index in [9.17, 15) is 4.79 Å². The highest BCUT2D eigenvalue weighted by molar-refractivity contribution is 5.76. The van der Waals surface area contributed by atoms with Crippen LogP contribution >= 0.6 is 0 Å². The molecule has 0 spiro atoms. The van der Waals surface area contributed by atoms with Gasteiger partial charge in [0.1, 0.15) is 0 Å². The third kappa shape index (κ3) is 3.10. The summed E-state index contributed by atoms with van der Waals surface area (Å²) in [6.45, 7) is 0.631. The van der Waals surface area contributed by atoms with Crippen LogP contribution in [0.2, 0.25) is 0 Å². The Bertz CT molecular complexity index is 709. The van der Waals surface area contributed by atoms with E-state index in [1.54, 1.807) is 0 Å². The molecule has 2 fully saturated rings. The maximum atomic E-state index is 12.6. The van der Waals surface area contributed by atoms with Crippen LogP contribution in [0.5, 0.6) is 0 Å². The van der Waals surface area contributed by atoms with Crippen molar-refractivity contribution in [3.05, 3.63) is 48.3 Å². The first kappa shape index (κ1) is 15.4. The summed E-state index contributed by atoms with van der Waals surface area (Å²) < 4.78 is 1.86. The molecule has 24 heavy (non-hydrogen) atoms. The lowest BCUT2D eigenvalue weighted by Gasteiger charge is -2.24. The molecule has 4 heteroatoms. The lowest BCUT2D eigenvalue weighted by Crippen LogP contribution is -2.29. The molecule has 126 valence electrons. The van der Waals surface area contributed by atoms with Gasteiger partial charge in [-0.3, -0.25) is 4.79 Å². The molecule has 0 N–H and O–H groups in total. The Labute approximate surface area is 143 Å². The van der Waals surface area contributed by atoms with E-state index in [-0.39, 0.29) is 5.91 Å². The van der Waals surface area contributed by atoms with Crippen molar-refractivity contribution in [1.82, 2.24) is 14.7 Å². The van der Waals surface area contributed by atoms with Gasteiger partial charge in [0, 0.05) is 31.8 Å². The summed E-state index contributed by atoms with van der Waals surface area (Å²) in [7, 11) is 1.91. The van der Waals surface area contributed by atoms with Gasteiger partial charge in [-0.25, -0.2) is 4.68 Å². The van der Waals surface area contributed by atoms with Crippen molar-refractivity contribution < 1.29 is 4.79 Å². The zero-order valence-electron chi connectivity index (χ0n) is 14.3. The van der Waals surface area contributed by atoms with Gasteiger partial charge in [-0.1, -0.05) is 24.6 Å². The molecule has 1 aromatic heterocycles. The minimum Gasteiger partial charge on any atom is -0.341 e. The van der Waals surface area contributed by atoms with Gasteiger partial charge in [-0.05, 0) is 49.1 Å². The highest BCUT2D eigenvalue weighted by Crippen LogP contribution is 2.49. The topological polar surface area (TPSA) is 38.1 Å². The largest absolute Gasteiger partial charge is 0.341 e. The van der Waals surface area contributed by atoms with Gasteiger partial charge in [-0.2, -0.15) is 5.10 Å². The zero-order chi connectivity index (χ0) is 16.5. The molecule has 0 radical (unpaired) electrons. The van der Waals surface area contributed by atoms with Crippen molar-refractivity contribution >= 4 is 5.91 Å². The highest BCUT2D eigenvalue weighted by Gasteiger charge is 2.40. The van der Waals surface area contributed by atoms with Gasteiger partial charge in [0.05, 0.1) is 11.9 Å². The fourth-order valence-corrected chi connectivity index (χ4v) is 4.53. The molecule has 3 atom stereocenters. The van der Waals surface area contributed by atoms with E-state index in [1.165, 1.54) is 25.7 Å². The maximum Gasteiger partial charge on any atom is 0.222 e. The Kier molecular flexibility index (Phi) is 4.13. The molecular formula is C20H25N3O. The van der Waals surface area contributed by atoms with Crippen LogP contribution in [0.1, 0.15) is 37.7 Å². The molecule has 4 nitrogen and oxygen atoms in total. The number of rotatable bonds is 5. The summed E-state index contributed by atoms with van der Waals surface area (Å²) in [5.74, 6) is 2.63. The predicted octanol–water partition coefficient (Wildman–Crippen LogP) is 3.66. The molecule has 1 heterocycles. The van der Waals surface area contributed by atoms with Crippen LogP contribution in [0, 0.1) is 17.8 Å². The molecule has 2 aliphatic carbocycles. The van der Waals surface area contributed by atoms with Crippen molar-refractivity contribution in [2.75, 3.05) is 7.05 Å². The summed E-state index contributed by atoms with van der Waals surface area (Å²) in [6.07, 6.45) is 9.97. The first-order chi connectivity index (χ1) is 11.7. The molecule has 2 aromatic rings. The normalized spacial score (nSPS) is 25.1. The molecule has 2 aliphatic rings. The molecule has 2 bridgehead atoms. The van der Waals surface area contributed by atoms with Crippen LogP contribution in [0.4, 0.5) is 0 Å². The second kappa shape index (κ2) is 6.42. The Morgan fingerprint density at radius 1 is 1.25 bits per heavy atom. The summed E-state index contributed by atoms with van der Waals surface area (Å²) >= 11 is 0. The average molecular weight is 323 g/mol. The molecule has 1 amide bonds. The fourth-order valence-electron chi connectivity index (χ4n) is 4.53. The van der Waals surface area contributed by atoms with E-state index in [2.05, 4.69) is 5.10 Å². The number of hydrogen-bond donors (Lipinski definition) is 0. The number of nitrogens with zero attached hydrogens (tertiary/aromatic N) is 3. The van der Waals surface area contributed by atoms with Gasteiger partial charge in [-0.15, -0.1) is 0 Å². The Hall–Kier alpha value is -2.10. The lowest BCUT2D eigenvalue weighted by atomic mass is 9.86. The number of hydrogen-bond acceptors (Lipinski definition) is 2. The number of amides is 1. The van der Waals surface area contributed by atoms with E-state index in [4.69, 9.17) is 0 Å². The molecule has 2 saturated carbocycles. The summed E-state index contributed by atoms with van der Waals surface area (Å²) in [5.41, 5.74) is 2.11. The minimum atomic E-state index is 0.278. The van der Waals surface area contributed by atoms with Gasteiger partial charge in [0.25, 0.3) is 0 Å². The first-order valence-electron chi connectivity index (χ1n) is 9.02. The van der Waals surface area contributed by atoms with Crippen molar-refractivity contribution in [3.8, 4) is 5.69 Å². The SMILES string of the molecule is CN(Cc1cnn(-c2ccccc2)c1)C(=O)C[C@H]1C[C@@H]2CC[C@@H]1C2.